The molecule has 0 bridgehead atoms. The molecule has 1 N–H and O–H groups in total. The van der Waals surface area contributed by atoms with Crippen LogP contribution in [-0.4, -0.2) is 5.91 Å². The third kappa shape index (κ3) is 3.50. The molecule has 0 radical (unpaired) electrons. The summed E-state index contributed by atoms with van der Waals surface area (Å²) in [6, 6.07) is 7.97. The van der Waals surface area contributed by atoms with E-state index in [4.69, 9.17) is 0 Å². The second-order valence-corrected chi connectivity index (χ2v) is 3.85. The van der Waals surface area contributed by atoms with E-state index in [1.54, 1.807) is 6.92 Å². The zero-order chi connectivity index (χ0) is 12.0. The van der Waals surface area contributed by atoms with Gasteiger partial charge in [-0.25, -0.2) is 0 Å². The number of amides is 1. The fourth-order valence-electron chi connectivity index (χ4n) is 1.37. The average molecular weight is 221 g/mol. The smallest absolute Gasteiger partial charge is 0.250 e. The van der Waals surface area contributed by atoms with Gasteiger partial charge in [0.1, 0.15) is 0 Å². The van der Waals surface area contributed by atoms with Gasteiger partial charge in [-0.15, -0.1) is 4.48 Å². The first-order chi connectivity index (χ1) is 7.65. The molecule has 0 aromatic heterocycles. The molecule has 0 unspecified atom stereocenters. The summed E-state index contributed by atoms with van der Waals surface area (Å²) in [6.45, 7) is 3.72. The normalized spacial score (nSPS) is 12.7. The summed E-state index contributed by atoms with van der Waals surface area (Å²) in [5, 5.41) is 0. The maximum absolute atomic E-state index is 11.8. The van der Waals surface area contributed by atoms with Gasteiger partial charge < -0.3 is 0 Å². The molecule has 0 aliphatic rings. The summed E-state index contributed by atoms with van der Waals surface area (Å²) < 4.78 is 11.8. The van der Waals surface area contributed by atoms with Crippen molar-refractivity contribution in [3.05, 3.63) is 41.5 Å². The van der Waals surface area contributed by atoms with Gasteiger partial charge >= 0.3 is 0 Å². The number of aryl methyl sites for hydroxylation is 1. The van der Waals surface area contributed by atoms with Crippen LogP contribution in [0, 0.1) is 12.8 Å². The average Bonchev–Trinajstić information content (AvgIpc) is 2.30. The van der Waals surface area contributed by atoms with E-state index in [1.165, 1.54) is 5.56 Å². The Hall–Kier alpha value is -1.64. The Kier molecular flexibility index (Phi) is 4.70. The van der Waals surface area contributed by atoms with E-state index in [2.05, 4.69) is 0 Å². The van der Waals surface area contributed by atoms with E-state index >= 15 is 0 Å². The number of hydrogen-bond acceptors (Lipinski definition) is 1. The molecule has 1 aromatic carbocycles. The van der Waals surface area contributed by atoms with Crippen LogP contribution in [0.5, 0.6) is 0 Å². The van der Waals surface area contributed by atoms with Crippen LogP contribution < -0.4 is 5.54 Å². The minimum atomic E-state index is -0.575. The van der Waals surface area contributed by atoms with E-state index in [-0.39, 0.29) is 5.92 Å². The topological polar surface area (TPSA) is 29.1 Å². The quantitative estimate of drug-likeness (QED) is 0.778. The van der Waals surface area contributed by atoms with Crippen molar-refractivity contribution in [2.45, 2.75) is 20.3 Å². The van der Waals surface area contributed by atoms with Gasteiger partial charge in [-0.2, -0.15) is 5.54 Å². The van der Waals surface area contributed by atoms with Crippen LogP contribution in [0.3, 0.4) is 0 Å². The Bertz CT molecular complexity index is 387. The highest BCUT2D eigenvalue weighted by Crippen LogP contribution is 2.11. The molecule has 3 heteroatoms. The van der Waals surface area contributed by atoms with Crippen molar-refractivity contribution < 1.29 is 9.28 Å². The maximum Gasteiger partial charge on any atom is 0.250 e. The van der Waals surface area contributed by atoms with Crippen LogP contribution in [0.2, 0.25) is 0 Å². The molecule has 2 nitrogen and oxygen atoms in total. The molecule has 0 heterocycles. The van der Waals surface area contributed by atoms with E-state index in [1.807, 2.05) is 43.3 Å². The molecular formula is C13H16FNO. The Morgan fingerprint density at radius 1 is 1.50 bits per heavy atom. The van der Waals surface area contributed by atoms with Gasteiger partial charge in [0.15, 0.2) is 0 Å². The molecule has 16 heavy (non-hydrogen) atoms. The number of rotatable bonds is 4. The zero-order valence-corrected chi connectivity index (χ0v) is 9.53. The van der Waals surface area contributed by atoms with Crippen LogP contribution in [0.15, 0.2) is 30.3 Å². The third-order valence-electron chi connectivity index (χ3n) is 2.52. The highest BCUT2D eigenvalue weighted by atomic mass is 19.2. The molecule has 0 aliphatic carbocycles. The molecule has 86 valence electrons. The van der Waals surface area contributed by atoms with E-state index in [0.717, 1.165) is 11.1 Å². The minimum Gasteiger partial charge on any atom is -0.272 e. The number of allylic oxidation sites excluding steroid dienone is 1. The Morgan fingerprint density at radius 3 is 2.81 bits per heavy atom. The van der Waals surface area contributed by atoms with E-state index in [9.17, 15) is 9.28 Å². The van der Waals surface area contributed by atoms with Crippen LogP contribution in [0.4, 0.5) is 4.48 Å². The number of carbonyl (C=O) groups is 1. The van der Waals surface area contributed by atoms with Crippen molar-refractivity contribution in [3.8, 4) is 0 Å². The standard InChI is InChI=1S/C13H16FNO/c1-10-6-3-4-8-12(10)9-5-7-11(2)13(16)15-14/h3-6,8-9,11H,7H2,1-2H3,(H,15,16)/b9-5+/t11-/m0/s1. The molecule has 1 atom stereocenters. The molecule has 1 aromatic rings. The molecule has 0 fully saturated rings. The van der Waals surface area contributed by atoms with Gasteiger partial charge in [-0.05, 0) is 24.5 Å². The largest absolute Gasteiger partial charge is 0.272 e. The van der Waals surface area contributed by atoms with Crippen molar-refractivity contribution in [2.75, 3.05) is 0 Å². The Morgan fingerprint density at radius 2 is 2.19 bits per heavy atom. The first kappa shape index (κ1) is 12.4. The monoisotopic (exact) mass is 221 g/mol. The van der Waals surface area contributed by atoms with E-state index < -0.39 is 5.91 Å². The Labute approximate surface area is 95.1 Å². The molecular weight excluding hydrogens is 205 g/mol. The lowest BCUT2D eigenvalue weighted by Gasteiger charge is -2.04. The van der Waals surface area contributed by atoms with Gasteiger partial charge in [0.25, 0.3) is 5.91 Å². The number of benzene rings is 1. The SMILES string of the molecule is Cc1ccccc1/C=C/C[C@H](C)C(=O)NF. The lowest BCUT2D eigenvalue weighted by molar-refractivity contribution is -0.128. The number of hydrogen-bond donors (Lipinski definition) is 1. The van der Waals surface area contributed by atoms with Crippen molar-refractivity contribution in [3.63, 3.8) is 0 Å². The number of halogens is 1. The molecule has 1 amide bonds. The highest BCUT2D eigenvalue weighted by molar-refractivity contribution is 5.77. The predicted molar refractivity (Wildman–Crippen MR) is 63.2 cm³/mol. The van der Waals surface area contributed by atoms with Crippen LogP contribution in [0.1, 0.15) is 24.5 Å². The zero-order valence-electron chi connectivity index (χ0n) is 9.53. The van der Waals surface area contributed by atoms with Gasteiger partial charge in [0.2, 0.25) is 0 Å². The highest BCUT2D eigenvalue weighted by Gasteiger charge is 2.09. The molecule has 0 saturated carbocycles. The van der Waals surface area contributed by atoms with Gasteiger partial charge in [0, 0.05) is 5.92 Å². The second-order valence-electron chi connectivity index (χ2n) is 3.85. The minimum absolute atomic E-state index is 0.342. The molecule has 0 saturated heterocycles. The third-order valence-corrected chi connectivity index (χ3v) is 2.52. The van der Waals surface area contributed by atoms with Gasteiger partial charge in [0.05, 0.1) is 0 Å². The van der Waals surface area contributed by atoms with Crippen LogP contribution >= 0.6 is 0 Å². The summed E-state index contributed by atoms with van der Waals surface area (Å²) >= 11 is 0. The lowest BCUT2D eigenvalue weighted by atomic mass is 10.0. The molecule has 0 aliphatic heterocycles. The molecule has 1 rings (SSSR count). The Balaban J connectivity index is 2.55. The van der Waals surface area contributed by atoms with Crippen molar-refractivity contribution in [1.82, 2.24) is 5.54 Å². The van der Waals surface area contributed by atoms with Gasteiger partial charge in [-0.1, -0.05) is 43.3 Å². The maximum atomic E-state index is 11.8. The van der Waals surface area contributed by atoms with Crippen molar-refractivity contribution in [2.24, 2.45) is 5.92 Å². The fourth-order valence-corrected chi connectivity index (χ4v) is 1.37. The first-order valence-electron chi connectivity index (χ1n) is 5.27. The summed E-state index contributed by atoms with van der Waals surface area (Å²) in [7, 11) is 0. The van der Waals surface area contributed by atoms with Crippen molar-refractivity contribution >= 4 is 12.0 Å². The summed E-state index contributed by atoms with van der Waals surface area (Å²) in [5.74, 6) is -0.917. The summed E-state index contributed by atoms with van der Waals surface area (Å²) in [6.07, 6.45) is 4.38. The van der Waals surface area contributed by atoms with Gasteiger partial charge in [-0.3, -0.25) is 4.79 Å². The van der Waals surface area contributed by atoms with E-state index in [0.29, 0.717) is 6.42 Å². The van der Waals surface area contributed by atoms with Crippen molar-refractivity contribution in [1.29, 1.82) is 0 Å². The van der Waals surface area contributed by atoms with Crippen LogP contribution in [-0.2, 0) is 4.79 Å². The second kappa shape index (κ2) is 6.05. The van der Waals surface area contributed by atoms with Crippen LogP contribution in [0.25, 0.3) is 6.08 Å². The summed E-state index contributed by atoms with van der Waals surface area (Å²) in [5.41, 5.74) is 3.45. The fraction of sp³-hybridized carbons (Fsp3) is 0.308. The number of nitrogens with one attached hydrogen (secondary N) is 1. The first-order valence-corrected chi connectivity index (χ1v) is 5.27. The summed E-state index contributed by atoms with van der Waals surface area (Å²) in [4.78, 5) is 10.9. The number of carbonyl (C=O) groups excluding carboxylic acids is 1. The molecule has 0 spiro atoms. The lowest BCUT2D eigenvalue weighted by Crippen LogP contribution is -2.21. The predicted octanol–water partition coefficient (Wildman–Crippen LogP) is 3.04.